The van der Waals surface area contributed by atoms with Gasteiger partial charge in [0.15, 0.2) is 0 Å². The third kappa shape index (κ3) is 2.65. The van der Waals surface area contributed by atoms with Gasteiger partial charge in [0.05, 0.1) is 24.6 Å². The van der Waals surface area contributed by atoms with Gasteiger partial charge >= 0.3 is 0 Å². The first-order chi connectivity index (χ1) is 8.93. The summed E-state index contributed by atoms with van der Waals surface area (Å²) in [4.78, 5) is 6.62. The Hall–Kier alpha value is -1.13. The number of ether oxygens (including phenoxy) is 1. The Morgan fingerprint density at radius 1 is 1.33 bits per heavy atom. The number of anilines is 1. The minimum atomic E-state index is 0.426. The van der Waals surface area contributed by atoms with Gasteiger partial charge in [-0.3, -0.25) is 4.98 Å². The van der Waals surface area contributed by atoms with E-state index in [2.05, 4.69) is 21.3 Å². The van der Waals surface area contributed by atoms with Crippen molar-refractivity contribution in [3.8, 4) is 0 Å². The predicted octanol–water partition coefficient (Wildman–Crippen LogP) is 1.29. The molecule has 1 aromatic rings. The molecule has 1 N–H and O–H groups in total. The minimum absolute atomic E-state index is 0.426. The summed E-state index contributed by atoms with van der Waals surface area (Å²) in [7, 11) is 0. The summed E-state index contributed by atoms with van der Waals surface area (Å²) in [6.45, 7) is 5.14. The van der Waals surface area contributed by atoms with Gasteiger partial charge in [-0.15, -0.1) is 0 Å². The Labute approximate surface area is 108 Å². The zero-order valence-corrected chi connectivity index (χ0v) is 10.7. The summed E-state index contributed by atoms with van der Waals surface area (Å²) in [6, 6.07) is 4.15. The van der Waals surface area contributed by atoms with Gasteiger partial charge in [0.1, 0.15) is 0 Å². The second kappa shape index (κ2) is 5.67. The molecule has 2 fully saturated rings. The van der Waals surface area contributed by atoms with Crippen molar-refractivity contribution < 1.29 is 4.74 Å². The van der Waals surface area contributed by atoms with Crippen molar-refractivity contribution in [2.24, 2.45) is 5.92 Å². The molecule has 0 saturated carbocycles. The monoisotopic (exact) mass is 247 g/mol. The molecule has 0 aliphatic carbocycles. The SMILES string of the molecule is c1cncc(N2CCC(C3CNCCO3)CC2)c1. The average molecular weight is 247 g/mol. The van der Waals surface area contributed by atoms with Crippen LogP contribution in [-0.4, -0.2) is 43.9 Å². The van der Waals surface area contributed by atoms with Crippen molar-refractivity contribution in [3.05, 3.63) is 24.5 Å². The minimum Gasteiger partial charge on any atom is -0.375 e. The van der Waals surface area contributed by atoms with Crippen molar-refractivity contribution in [2.45, 2.75) is 18.9 Å². The van der Waals surface area contributed by atoms with Crippen LogP contribution in [0.1, 0.15) is 12.8 Å². The van der Waals surface area contributed by atoms with Gasteiger partial charge < -0.3 is 15.0 Å². The van der Waals surface area contributed by atoms with Crippen LogP contribution in [0, 0.1) is 5.92 Å². The second-order valence-electron chi connectivity index (χ2n) is 5.15. The molecule has 0 amide bonds. The molecule has 4 heteroatoms. The van der Waals surface area contributed by atoms with Crippen molar-refractivity contribution in [3.63, 3.8) is 0 Å². The second-order valence-corrected chi connectivity index (χ2v) is 5.15. The van der Waals surface area contributed by atoms with E-state index in [0.717, 1.165) is 32.8 Å². The quantitative estimate of drug-likeness (QED) is 0.854. The first kappa shape index (κ1) is 11.9. The van der Waals surface area contributed by atoms with E-state index in [9.17, 15) is 0 Å². The smallest absolute Gasteiger partial charge is 0.0729 e. The fourth-order valence-electron chi connectivity index (χ4n) is 2.96. The van der Waals surface area contributed by atoms with Gasteiger partial charge in [-0.05, 0) is 30.9 Å². The Bertz CT molecular complexity index is 357. The molecular weight excluding hydrogens is 226 g/mol. The lowest BCUT2D eigenvalue weighted by Gasteiger charge is -2.38. The number of nitrogens with one attached hydrogen (secondary N) is 1. The van der Waals surface area contributed by atoms with Crippen LogP contribution < -0.4 is 10.2 Å². The van der Waals surface area contributed by atoms with E-state index in [0.29, 0.717) is 12.0 Å². The van der Waals surface area contributed by atoms with E-state index in [1.165, 1.54) is 18.5 Å². The van der Waals surface area contributed by atoms with Crippen LogP contribution in [0.4, 0.5) is 5.69 Å². The topological polar surface area (TPSA) is 37.4 Å². The number of pyridine rings is 1. The molecule has 4 nitrogen and oxygen atoms in total. The third-order valence-electron chi connectivity index (χ3n) is 4.03. The molecule has 0 aromatic carbocycles. The molecule has 0 bridgehead atoms. The van der Waals surface area contributed by atoms with Crippen LogP contribution in [0.2, 0.25) is 0 Å². The van der Waals surface area contributed by atoms with Crippen LogP contribution in [0.5, 0.6) is 0 Å². The molecule has 0 spiro atoms. The lowest BCUT2D eigenvalue weighted by atomic mass is 9.90. The molecule has 1 unspecified atom stereocenters. The molecule has 3 heterocycles. The Morgan fingerprint density at radius 2 is 2.22 bits per heavy atom. The number of piperidine rings is 1. The summed E-state index contributed by atoms with van der Waals surface area (Å²) in [6.07, 6.45) is 6.66. The molecular formula is C14H21N3O. The molecule has 98 valence electrons. The molecule has 18 heavy (non-hydrogen) atoms. The normalized spacial score (nSPS) is 26.2. The van der Waals surface area contributed by atoms with E-state index >= 15 is 0 Å². The molecule has 1 atom stereocenters. The zero-order chi connectivity index (χ0) is 12.2. The number of aromatic nitrogens is 1. The number of nitrogens with zero attached hydrogens (tertiary/aromatic N) is 2. The van der Waals surface area contributed by atoms with Crippen LogP contribution in [0.15, 0.2) is 24.5 Å². The van der Waals surface area contributed by atoms with E-state index in [1.807, 2.05) is 18.5 Å². The summed E-state index contributed by atoms with van der Waals surface area (Å²) >= 11 is 0. The zero-order valence-electron chi connectivity index (χ0n) is 10.7. The van der Waals surface area contributed by atoms with Gasteiger partial charge in [0, 0.05) is 32.4 Å². The maximum Gasteiger partial charge on any atom is 0.0729 e. The number of morpholine rings is 1. The summed E-state index contributed by atoms with van der Waals surface area (Å²) in [5.41, 5.74) is 1.25. The first-order valence-corrected chi connectivity index (χ1v) is 6.91. The van der Waals surface area contributed by atoms with E-state index in [-0.39, 0.29) is 0 Å². The highest BCUT2D eigenvalue weighted by Crippen LogP contribution is 2.26. The average Bonchev–Trinajstić information content (AvgIpc) is 2.49. The predicted molar refractivity (Wildman–Crippen MR) is 71.8 cm³/mol. The van der Waals surface area contributed by atoms with Crippen molar-refractivity contribution in [2.75, 3.05) is 37.7 Å². The van der Waals surface area contributed by atoms with Crippen molar-refractivity contribution in [1.82, 2.24) is 10.3 Å². The van der Waals surface area contributed by atoms with Gasteiger partial charge in [-0.2, -0.15) is 0 Å². The fraction of sp³-hybridized carbons (Fsp3) is 0.643. The van der Waals surface area contributed by atoms with Crippen molar-refractivity contribution >= 4 is 5.69 Å². The maximum absolute atomic E-state index is 5.86. The number of rotatable bonds is 2. The molecule has 1 aromatic heterocycles. The largest absolute Gasteiger partial charge is 0.375 e. The highest BCUT2D eigenvalue weighted by Gasteiger charge is 2.28. The lowest BCUT2D eigenvalue weighted by molar-refractivity contribution is -0.0155. The summed E-state index contributed by atoms with van der Waals surface area (Å²) in [5.74, 6) is 0.714. The van der Waals surface area contributed by atoms with Gasteiger partial charge in [0.25, 0.3) is 0 Å². The Balaban J connectivity index is 1.54. The van der Waals surface area contributed by atoms with E-state index in [1.54, 1.807) is 0 Å². The van der Waals surface area contributed by atoms with Crippen LogP contribution >= 0.6 is 0 Å². The van der Waals surface area contributed by atoms with E-state index < -0.39 is 0 Å². The first-order valence-electron chi connectivity index (χ1n) is 6.91. The molecule has 2 aliphatic rings. The summed E-state index contributed by atoms with van der Waals surface area (Å²) in [5, 5.41) is 3.43. The van der Waals surface area contributed by atoms with Crippen LogP contribution in [-0.2, 0) is 4.74 Å². The number of hydrogen-bond acceptors (Lipinski definition) is 4. The Kier molecular flexibility index (Phi) is 3.76. The van der Waals surface area contributed by atoms with Gasteiger partial charge in [-0.25, -0.2) is 0 Å². The third-order valence-corrected chi connectivity index (χ3v) is 4.03. The van der Waals surface area contributed by atoms with Crippen LogP contribution in [0.25, 0.3) is 0 Å². The highest BCUT2D eigenvalue weighted by molar-refractivity contribution is 5.43. The molecule has 2 aliphatic heterocycles. The standard InChI is InChI=1S/C14H21N3O/c1-2-13(10-15-5-1)17-7-3-12(4-8-17)14-11-16-6-9-18-14/h1-2,5,10,12,14,16H,3-4,6-9,11H2. The fourth-order valence-corrected chi connectivity index (χ4v) is 2.96. The van der Waals surface area contributed by atoms with Gasteiger partial charge in [-0.1, -0.05) is 0 Å². The molecule has 2 saturated heterocycles. The van der Waals surface area contributed by atoms with Crippen LogP contribution in [0.3, 0.4) is 0 Å². The number of hydrogen-bond donors (Lipinski definition) is 1. The Morgan fingerprint density at radius 3 is 2.89 bits per heavy atom. The van der Waals surface area contributed by atoms with Gasteiger partial charge in [0.2, 0.25) is 0 Å². The lowest BCUT2D eigenvalue weighted by Crippen LogP contribution is -2.46. The summed E-state index contributed by atoms with van der Waals surface area (Å²) < 4.78 is 5.86. The highest BCUT2D eigenvalue weighted by atomic mass is 16.5. The van der Waals surface area contributed by atoms with E-state index in [4.69, 9.17) is 4.74 Å². The van der Waals surface area contributed by atoms with Crippen molar-refractivity contribution in [1.29, 1.82) is 0 Å². The molecule has 0 radical (unpaired) electrons. The molecule has 3 rings (SSSR count). The maximum atomic E-state index is 5.86.